The largest absolute Gasteiger partial charge is 0.469 e. The first-order chi connectivity index (χ1) is 13.6. The predicted molar refractivity (Wildman–Crippen MR) is 103 cm³/mol. The van der Waals surface area contributed by atoms with Crippen molar-refractivity contribution in [2.75, 3.05) is 25.5 Å². The molecule has 1 aromatic heterocycles. The van der Waals surface area contributed by atoms with Crippen LogP contribution in [0.25, 0.3) is 0 Å². The molecule has 144 valence electrons. The van der Waals surface area contributed by atoms with Crippen LogP contribution in [0.1, 0.15) is 34.3 Å². The molecule has 1 aliphatic rings. The van der Waals surface area contributed by atoms with Crippen LogP contribution in [-0.4, -0.2) is 42.0 Å². The number of hydrogen-bond acceptors (Lipinski definition) is 6. The second-order valence-electron chi connectivity index (χ2n) is 6.77. The third-order valence-electron chi connectivity index (χ3n) is 4.85. The molecule has 0 atom stereocenters. The van der Waals surface area contributed by atoms with E-state index in [1.54, 1.807) is 18.2 Å². The number of nitriles is 1. The molecular formula is C21H22N4O3. The van der Waals surface area contributed by atoms with Crippen LogP contribution < -0.4 is 5.32 Å². The quantitative estimate of drug-likeness (QED) is 0.804. The van der Waals surface area contributed by atoms with Gasteiger partial charge in [-0.05, 0) is 55.8 Å². The second-order valence-corrected chi connectivity index (χ2v) is 6.77. The van der Waals surface area contributed by atoms with Crippen molar-refractivity contribution in [3.8, 4) is 6.07 Å². The van der Waals surface area contributed by atoms with E-state index in [1.807, 2.05) is 24.3 Å². The van der Waals surface area contributed by atoms with E-state index in [-0.39, 0.29) is 17.8 Å². The molecule has 0 radical (unpaired) electrons. The van der Waals surface area contributed by atoms with Crippen LogP contribution in [0.15, 0.2) is 42.6 Å². The molecule has 1 fully saturated rings. The molecule has 1 N–H and O–H groups in total. The van der Waals surface area contributed by atoms with E-state index in [2.05, 4.69) is 15.2 Å². The minimum atomic E-state index is -0.247. The van der Waals surface area contributed by atoms with Crippen molar-refractivity contribution in [3.63, 3.8) is 0 Å². The van der Waals surface area contributed by atoms with Crippen molar-refractivity contribution >= 4 is 17.7 Å². The van der Waals surface area contributed by atoms with Crippen LogP contribution in [0.4, 0.5) is 5.82 Å². The molecular weight excluding hydrogens is 356 g/mol. The Balaban J connectivity index is 1.58. The number of esters is 1. The van der Waals surface area contributed by atoms with Gasteiger partial charge in [0.15, 0.2) is 0 Å². The number of amides is 1. The smallest absolute Gasteiger partial charge is 0.308 e. The Morgan fingerprint density at radius 1 is 1.29 bits per heavy atom. The van der Waals surface area contributed by atoms with Gasteiger partial charge in [-0.25, -0.2) is 4.98 Å². The van der Waals surface area contributed by atoms with Gasteiger partial charge in [0.25, 0.3) is 5.91 Å². The summed E-state index contributed by atoms with van der Waals surface area (Å²) < 4.78 is 4.82. The number of nitrogens with zero attached hydrogens (tertiary/aromatic N) is 3. The summed E-state index contributed by atoms with van der Waals surface area (Å²) in [6.07, 6.45) is 3.00. The van der Waals surface area contributed by atoms with Gasteiger partial charge in [-0.2, -0.15) is 5.26 Å². The average molecular weight is 378 g/mol. The van der Waals surface area contributed by atoms with Gasteiger partial charge in [-0.15, -0.1) is 0 Å². The monoisotopic (exact) mass is 378 g/mol. The lowest BCUT2D eigenvalue weighted by molar-refractivity contribution is -0.147. The first kappa shape index (κ1) is 19.5. The summed E-state index contributed by atoms with van der Waals surface area (Å²) in [6, 6.07) is 12.7. The fourth-order valence-electron chi connectivity index (χ4n) is 3.28. The van der Waals surface area contributed by atoms with Crippen LogP contribution in [0, 0.1) is 17.2 Å². The van der Waals surface area contributed by atoms with E-state index in [0.29, 0.717) is 16.9 Å². The van der Waals surface area contributed by atoms with Crippen LogP contribution in [0.3, 0.4) is 0 Å². The van der Waals surface area contributed by atoms with Crippen molar-refractivity contribution in [2.24, 2.45) is 5.92 Å². The number of ether oxygens (including phenoxy) is 1. The molecule has 0 spiro atoms. The number of rotatable bonds is 5. The molecule has 7 nitrogen and oxygen atoms in total. The Kier molecular flexibility index (Phi) is 6.35. The van der Waals surface area contributed by atoms with Crippen LogP contribution in [0.5, 0.6) is 0 Å². The first-order valence-corrected chi connectivity index (χ1v) is 9.15. The molecule has 0 aliphatic carbocycles. The van der Waals surface area contributed by atoms with Crippen molar-refractivity contribution in [1.82, 2.24) is 9.88 Å². The highest BCUT2D eigenvalue weighted by atomic mass is 16.5. The molecule has 1 aliphatic heterocycles. The van der Waals surface area contributed by atoms with Crippen molar-refractivity contribution in [3.05, 3.63) is 59.3 Å². The molecule has 0 saturated carbocycles. The van der Waals surface area contributed by atoms with E-state index >= 15 is 0 Å². The SMILES string of the molecule is COC(=O)C1CCN(Cc2cccc(C(=O)Nc3ccc(C#N)cn3)c2)CC1. The van der Waals surface area contributed by atoms with E-state index < -0.39 is 0 Å². The molecule has 1 aromatic carbocycles. The zero-order chi connectivity index (χ0) is 19.9. The Labute approximate surface area is 163 Å². The lowest BCUT2D eigenvalue weighted by Crippen LogP contribution is -2.36. The summed E-state index contributed by atoms with van der Waals surface area (Å²) in [4.78, 5) is 30.4. The normalized spacial score (nSPS) is 14.9. The maximum atomic E-state index is 12.5. The number of carbonyl (C=O) groups excluding carboxylic acids is 2. The Hall–Kier alpha value is -3.24. The maximum Gasteiger partial charge on any atom is 0.308 e. The summed E-state index contributed by atoms with van der Waals surface area (Å²) in [7, 11) is 1.43. The topological polar surface area (TPSA) is 95.3 Å². The minimum absolute atomic E-state index is 0.0155. The van der Waals surface area contributed by atoms with Crippen LogP contribution in [-0.2, 0) is 16.1 Å². The maximum absolute atomic E-state index is 12.5. The zero-order valence-electron chi connectivity index (χ0n) is 15.7. The third kappa shape index (κ3) is 4.93. The number of carbonyl (C=O) groups is 2. The van der Waals surface area contributed by atoms with Gasteiger partial charge in [0.1, 0.15) is 11.9 Å². The lowest BCUT2D eigenvalue weighted by atomic mass is 9.96. The van der Waals surface area contributed by atoms with Gasteiger partial charge in [0, 0.05) is 18.3 Å². The van der Waals surface area contributed by atoms with E-state index in [1.165, 1.54) is 13.3 Å². The number of likely N-dealkylation sites (tertiary alicyclic amines) is 1. The summed E-state index contributed by atoms with van der Waals surface area (Å²) in [5.41, 5.74) is 2.03. The average Bonchev–Trinajstić information content (AvgIpc) is 2.74. The molecule has 1 saturated heterocycles. The number of aromatic nitrogens is 1. The second kappa shape index (κ2) is 9.11. The highest BCUT2D eigenvalue weighted by molar-refractivity contribution is 6.03. The van der Waals surface area contributed by atoms with Gasteiger partial charge in [0.2, 0.25) is 0 Å². The van der Waals surface area contributed by atoms with Gasteiger partial charge in [-0.1, -0.05) is 12.1 Å². The van der Waals surface area contributed by atoms with Crippen molar-refractivity contribution < 1.29 is 14.3 Å². The lowest BCUT2D eigenvalue weighted by Gasteiger charge is -2.30. The highest BCUT2D eigenvalue weighted by Crippen LogP contribution is 2.20. The van der Waals surface area contributed by atoms with E-state index in [0.717, 1.165) is 38.0 Å². The molecule has 3 rings (SSSR count). The molecule has 1 amide bonds. The fourth-order valence-corrected chi connectivity index (χ4v) is 3.28. The predicted octanol–water partition coefficient (Wildman–Crippen LogP) is 2.59. The highest BCUT2D eigenvalue weighted by Gasteiger charge is 2.25. The summed E-state index contributed by atoms with van der Waals surface area (Å²) in [5.74, 6) is 0.00996. The molecule has 28 heavy (non-hydrogen) atoms. The van der Waals surface area contributed by atoms with Crippen LogP contribution >= 0.6 is 0 Å². The number of anilines is 1. The number of nitrogens with one attached hydrogen (secondary N) is 1. The van der Waals surface area contributed by atoms with Crippen molar-refractivity contribution in [2.45, 2.75) is 19.4 Å². The molecule has 0 unspecified atom stereocenters. The summed E-state index contributed by atoms with van der Waals surface area (Å²) in [6.45, 7) is 2.38. The third-order valence-corrected chi connectivity index (χ3v) is 4.85. The van der Waals surface area contributed by atoms with E-state index in [9.17, 15) is 9.59 Å². The molecule has 2 heterocycles. The molecule has 0 bridgehead atoms. The number of benzene rings is 1. The Morgan fingerprint density at radius 3 is 2.71 bits per heavy atom. The number of pyridine rings is 1. The van der Waals surface area contributed by atoms with Gasteiger partial charge >= 0.3 is 5.97 Å². The Bertz CT molecular complexity index is 881. The minimum Gasteiger partial charge on any atom is -0.469 e. The summed E-state index contributed by atoms with van der Waals surface area (Å²) in [5, 5.41) is 11.5. The van der Waals surface area contributed by atoms with Gasteiger partial charge in [-0.3, -0.25) is 14.5 Å². The van der Waals surface area contributed by atoms with Gasteiger partial charge in [0.05, 0.1) is 18.6 Å². The molecule has 2 aromatic rings. The van der Waals surface area contributed by atoms with E-state index in [4.69, 9.17) is 10.00 Å². The van der Waals surface area contributed by atoms with Crippen LogP contribution in [0.2, 0.25) is 0 Å². The zero-order valence-corrected chi connectivity index (χ0v) is 15.7. The molecule has 7 heteroatoms. The number of piperidine rings is 1. The first-order valence-electron chi connectivity index (χ1n) is 9.15. The summed E-state index contributed by atoms with van der Waals surface area (Å²) >= 11 is 0. The van der Waals surface area contributed by atoms with Gasteiger partial charge < -0.3 is 10.1 Å². The van der Waals surface area contributed by atoms with Crippen molar-refractivity contribution in [1.29, 1.82) is 5.26 Å². The fraction of sp³-hybridized carbons (Fsp3) is 0.333. The number of methoxy groups -OCH3 is 1. The standard InChI is InChI=1S/C21H22N4O3/c1-28-21(27)17-7-9-25(10-8-17)14-15-3-2-4-18(11-15)20(26)24-19-6-5-16(12-22)13-23-19/h2-6,11,13,17H,7-10,14H2,1H3,(H,23,24,26). The Morgan fingerprint density at radius 2 is 2.07 bits per heavy atom. The number of hydrogen-bond donors (Lipinski definition) is 1.